The first-order valence-electron chi connectivity index (χ1n) is 6.69. The molecule has 0 radical (unpaired) electrons. The number of halogens is 1. The van der Waals surface area contributed by atoms with Crippen LogP contribution < -0.4 is 0 Å². The third-order valence-electron chi connectivity index (χ3n) is 4.78. The Kier molecular flexibility index (Phi) is 2.99. The van der Waals surface area contributed by atoms with Gasteiger partial charge < -0.3 is 4.90 Å². The number of rotatable bonds is 2. The molecule has 1 amide bonds. The van der Waals surface area contributed by atoms with Crippen molar-refractivity contribution in [2.45, 2.75) is 44.6 Å². The first kappa shape index (κ1) is 11.1. The summed E-state index contributed by atoms with van der Waals surface area (Å²) in [5.74, 6) is 2.43. The largest absolute Gasteiger partial charge is 0.339 e. The van der Waals surface area contributed by atoms with Crippen molar-refractivity contribution >= 4 is 21.8 Å². The molecular weight excluding hydrogens is 266 g/mol. The van der Waals surface area contributed by atoms with Gasteiger partial charge in [0.1, 0.15) is 0 Å². The van der Waals surface area contributed by atoms with Gasteiger partial charge in [0.05, 0.1) is 0 Å². The van der Waals surface area contributed by atoms with Crippen molar-refractivity contribution in [3.8, 4) is 0 Å². The van der Waals surface area contributed by atoms with Crippen molar-refractivity contribution in [3.05, 3.63) is 0 Å². The van der Waals surface area contributed by atoms with Gasteiger partial charge in [-0.1, -0.05) is 28.8 Å². The van der Waals surface area contributed by atoms with Crippen LogP contribution in [0.5, 0.6) is 0 Å². The Bertz CT molecular complexity index is 282. The number of amides is 1. The van der Waals surface area contributed by atoms with Crippen LogP contribution in [-0.2, 0) is 4.79 Å². The summed E-state index contributed by atoms with van der Waals surface area (Å²) in [6.45, 7) is 1.00. The highest BCUT2D eigenvalue weighted by Gasteiger charge is 2.56. The Morgan fingerprint density at radius 1 is 1.12 bits per heavy atom. The average molecular weight is 286 g/mol. The maximum absolute atomic E-state index is 12.4. The van der Waals surface area contributed by atoms with E-state index in [-0.39, 0.29) is 0 Å². The van der Waals surface area contributed by atoms with Crippen molar-refractivity contribution in [3.63, 3.8) is 0 Å². The number of likely N-dealkylation sites (tertiary alicyclic amines) is 1. The second-order valence-electron chi connectivity index (χ2n) is 5.62. The summed E-state index contributed by atoms with van der Waals surface area (Å²) in [5.41, 5.74) is 0. The van der Waals surface area contributed by atoms with Gasteiger partial charge >= 0.3 is 0 Å². The van der Waals surface area contributed by atoms with Crippen LogP contribution in [0.1, 0.15) is 38.5 Å². The quantitative estimate of drug-likeness (QED) is 0.715. The number of carbonyl (C=O) groups excluding carboxylic acids is 1. The number of hydrogen-bond acceptors (Lipinski definition) is 1. The molecule has 2 aliphatic carbocycles. The molecule has 0 aromatic carbocycles. The van der Waals surface area contributed by atoms with E-state index in [9.17, 15) is 4.79 Å². The van der Waals surface area contributed by atoms with Gasteiger partial charge in [0.15, 0.2) is 0 Å². The minimum Gasteiger partial charge on any atom is -0.339 e. The standard InChI is InChI=1S/C13H20BrNO/c14-8-9-4-3-7-15(9)13(16)12-10-5-1-2-6-11(10)12/h9-12H,1-8H2. The summed E-state index contributed by atoms with van der Waals surface area (Å²) < 4.78 is 0. The number of carbonyl (C=O) groups is 1. The van der Waals surface area contributed by atoms with Gasteiger partial charge in [0, 0.05) is 23.8 Å². The summed E-state index contributed by atoms with van der Waals surface area (Å²) in [7, 11) is 0. The first-order valence-corrected chi connectivity index (χ1v) is 7.81. The Balaban J connectivity index is 1.65. The van der Waals surface area contributed by atoms with Crippen LogP contribution in [0.3, 0.4) is 0 Å². The lowest BCUT2D eigenvalue weighted by molar-refractivity contribution is -0.133. The topological polar surface area (TPSA) is 20.3 Å². The summed E-state index contributed by atoms with van der Waals surface area (Å²) >= 11 is 3.54. The van der Waals surface area contributed by atoms with Crippen LogP contribution in [0, 0.1) is 17.8 Å². The smallest absolute Gasteiger partial charge is 0.226 e. The average Bonchev–Trinajstić information content (AvgIpc) is 2.84. The number of hydrogen-bond donors (Lipinski definition) is 0. The van der Waals surface area contributed by atoms with Crippen LogP contribution in [0.25, 0.3) is 0 Å². The molecule has 3 heteroatoms. The molecule has 1 heterocycles. The third-order valence-corrected chi connectivity index (χ3v) is 5.53. The van der Waals surface area contributed by atoms with E-state index in [0.717, 1.165) is 23.7 Å². The van der Waals surface area contributed by atoms with E-state index >= 15 is 0 Å². The van der Waals surface area contributed by atoms with Crippen LogP contribution in [0.15, 0.2) is 0 Å². The molecule has 3 aliphatic rings. The fraction of sp³-hybridized carbons (Fsp3) is 0.923. The lowest BCUT2D eigenvalue weighted by atomic mass is 10.0. The Morgan fingerprint density at radius 2 is 1.81 bits per heavy atom. The highest BCUT2D eigenvalue weighted by atomic mass is 79.9. The summed E-state index contributed by atoms with van der Waals surface area (Å²) in [4.78, 5) is 14.6. The molecule has 2 saturated carbocycles. The van der Waals surface area contributed by atoms with E-state index in [0.29, 0.717) is 17.9 Å². The van der Waals surface area contributed by atoms with E-state index < -0.39 is 0 Å². The molecule has 2 nitrogen and oxygen atoms in total. The molecular formula is C13H20BrNO. The van der Waals surface area contributed by atoms with E-state index in [2.05, 4.69) is 20.8 Å². The molecule has 0 aromatic heterocycles. The van der Waals surface area contributed by atoms with Crippen molar-refractivity contribution in [1.82, 2.24) is 4.90 Å². The Morgan fingerprint density at radius 3 is 2.44 bits per heavy atom. The monoisotopic (exact) mass is 285 g/mol. The van der Waals surface area contributed by atoms with Crippen molar-refractivity contribution in [2.75, 3.05) is 11.9 Å². The third kappa shape index (κ3) is 1.71. The van der Waals surface area contributed by atoms with Crippen LogP contribution >= 0.6 is 15.9 Å². The lowest BCUT2D eigenvalue weighted by Crippen LogP contribution is -2.38. The SMILES string of the molecule is O=C(C1C2CCCCC21)N1CCCC1CBr. The zero-order valence-corrected chi connectivity index (χ0v) is 11.3. The van der Waals surface area contributed by atoms with E-state index in [4.69, 9.17) is 0 Å². The molecule has 0 spiro atoms. The molecule has 0 aromatic rings. The molecule has 3 fully saturated rings. The van der Waals surface area contributed by atoms with Crippen molar-refractivity contribution < 1.29 is 4.79 Å². The fourth-order valence-electron chi connectivity index (χ4n) is 3.84. The van der Waals surface area contributed by atoms with Gasteiger partial charge in [0.2, 0.25) is 5.91 Å². The summed E-state index contributed by atoms with van der Waals surface area (Å²) in [6, 6.07) is 0.482. The van der Waals surface area contributed by atoms with Crippen molar-refractivity contribution in [2.24, 2.45) is 17.8 Å². The fourth-order valence-corrected chi connectivity index (χ4v) is 4.51. The maximum Gasteiger partial charge on any atom is 0.226 e. The summed E-state index contributed by atoms with van der Waals surface area (Å²) in [6.07, 6.45) is 7.73. The minimum atomic E-state index is 0.419. The number of alkyl halides is 1. The highest BCUT2D eigenvalue weighted by molar-refractivity contribution is 9.09. The lowest BCUT2D eigenvalue weighted by Gasteiger charge is -2.23. The molecule has 3 unspecified atom stereocenters. The number of fused-ring (bicyclic) bond motifs is 1. The van der Waals surface area contributed by atoms with Gasteiger partial charge in [-0.2, -0.15) is 0 Å². The predicted molar refractivity (Wildman–Crippen MR) is 67.5 cm³/mol. The van der Waals surface area contributed by atoms with E-state index in [1.807, 2.05) is 0 Å². The van der Waals surface area contributed by atoms with Gasteiger partial charge in [0.25, 0.3) is 0 Å². The molecule has 16 heavy (non-hydrogen) atoms. The molecule has 3 atom stereocenters. The second-order valence-corrected chi connectivity index (χ2v) is 6.27. The van der Waals surface area contributed by atoms with Gasteiger partial charge in [-0.25, -0.2) is 0 Å². The van der Waals surface area contributed by atoms with Gasteiger partial charge in [-0.15, -0.1) is 0 Å². The van der Waals surface area contributed by atoms with E-state index in [1.165, 1.54) is 38.5 Å². The summed E-state index contributed by atoms with van der Waals surface area (Å²) in [5, 5.41) is 0.959. The van der Waals surface area contributed by atoms with Crippen LogP contribution in [-0.4, -0.2) is 28.7 Å². The molecule has 0 bridgehead atoms. The van der Waals surface area contributed by atoms with E-state index in [1.54, 1.807) is 0 Å². The first-order chi connectivity index (χ1) is 7.83. The Hall–Kier alpha value is -0.0500. The Labute approximate surface area is 106 Å². The molecule has 1 aliphatic heterocycles. The molecule has 3 rings (SSSR count). The van der Waals surface area contributed by atoms with Crippen LogP contribution in [0.4, 0.5) is 0 Å². The van der Waals surface area contributed by atoms with Gasteiger partial charge in [-0.05, 0) is 37.5 Å². The van der Waals surface area contributed by atoms with Gasteiger partial charge in [-0.3, -0.25) is 4.79 Å². The molecule has 90 valence electrons. The molecule has 1 saturated heterocycles. The normalized spacial score (nSPS) is 41.9. The van der Waals surface area contributed by atoms with Crippen molar-refractivity contribution in [1.29, 1.82) is 0 Å². The predicted octanol–water partition coefficient (Wildman–Crippen LogP) is 2.81. The zero-order chi connectivity index (χ0) is 11.1. The minimum absolute atomic E-state index is 0.419. The highest BCUT2D eigenvalue weighted by Crippen LogP contribution is 2.56. The van der Waals surface area contributed by atoms with Crippen LogP contribution in [0.2, 0.25) is 0 Å². The zero-order valence-electron chi connectivity index (χ0n) is 9.70. The number of nitrogens with zero attached hydrogens (tertiary/aromatic N) is 1. The maximum atomic E-state index is 12.4. The molecule has 0 N–H and O–H groups in total. The second kappa shape index (κ2) is 4.32.